The van der Waals surface area contributed by atoms with Crippen LogP contribution < -0.4 is 10.5 Å². The zero-order valence-electron chi connectivity index (χ0n) is 8.87. The first kappa shape index (κ1) is 11.0. The number of hydrogen-bond donors (Lipinski definition) is 2. The molecule has 1 aromatic rings. The third kappa shape index (κ3) is 2.05. The summed E-state index contributed by atoms with van der Waals surface area (Å²) in [4.78, 5) is 0. The van der Waals surface area contributed by atoms with Crippen LogP contribution >= 0.6 is 0 Å². The largest absolute Gasteiger partial charge is 0.496 e. The second-order valence-corrected chi connectivity index (χ2v) is 3.66. The van der Waals surface area contributed by atoms with Gasteiger partial charge in [0.05, 0.1) is 12.7 Å². The fraction of sp³-hybridized carbons (Fsp3) is 0.455. The molecule has 0 saturated carbocycles. The fourth-order valence-electron chi connectivity index (χ4n) is 1.33. The zero-order valence-corrected chi connectivity index (χ0v) is 8.87. The number of ether oxygens (including phenoxy) is 1. The second kappa shape index (κ2) is 3.98. The highest BCUT2D eigenvalue weighted by molar-refractivity contribution is 5.38. The Labute approximate surface area is 84.5 Å². The third-order valence-corrected chi connectivity index (χ3v) is 2.41. The van der Waals surface area contributed by atoms with Gasteiger partial charge in [0.15, 0.2) is 0 Å². The molecule has 3 heteroatoms. The van der Waals surface area contributed by atoms with Gasteiger partial charge in [-0.3, -0.25) is 0 Å². The van der Waals surface area contributed by atoms with E-state index in [0.29, 0.717) is 0 Å². The molecule has 1 rings (SSSR count). The van der Waals surface area contributed by atoms with Gasteiger partial charge in [-0.25, -0.2) is 0 Å². The van der Waals surface area contributed by atoms with Crippen molar-refractivity contribution in [3.8, 4) is 5.75 Å². The quantitative estimate of drug-likeness (QED) is 0.761. The molecule has 0 bridgehead atoms. The van der Waals surface area contributed by atoms with Crippen molar-refractivity contribution in [1.29, 1.82) is 0 Å². The normalized spacial score (nSPS) is 14.9. The average molecular weight is 195 g/mol. The highest BCUT2D eigenvalue weighted by Gasteiger charge is 2.21. The minimum atomic E-state index is -0.961. The summed E-state index contributed by atoms with van der Waals surface area (Å²) in [7, 11) is 1.63. The number of aryl methyl sites for hydroxylation is 1. The summed E-state index contributed by atoms with van der Waals surface area (Å²) in [6.45, 7) is 3.85. The molecule has 78 valence electrons. The summed E-state index contributed by atoms with van der Waals surface area (Å²) in [5, 5.41) is 9.92. The molecule has 0 aliphatic rings. The van der Waals surface area contributed by atoms with E-state index in [4.69, 9.17) is 10.5 Å². The summed E-state index contributed by atoms with van der Waals surface area (Å²) in [5.41, 5.74) is 6.33. The van der Waals surface area contributed by atoms with Gasteiger partial charge in [-0.05, 0) is 37.1 Å². The molecule has 0 saturated heterocycles. The lowest BCUT2D eigenvalue weighted by atomic mass is 9.94. The summed E-state index contributed by atoms with van der Waals surface area (Å²) in [5.74, 6) is 0.821. The molecule has 1 unspecified atom stereocenters. The van der Waals surface area contributed by atoms with Crippen LogP contribution in [0, 0.1) is 6.92 Å². The summed E-state index contributed by atoms with van der Waals surface area (Å²) < 4.78 is 5.13. The van der Waals surface area contributed by atoms with Crippen molar-refractivity contribution in [3.05, 3.63) is 29.3 Å². The number of aliphatic hydroxyl groups is 1. The van der Waals surface area contributed by atoms with Crippen molar-refractivity contribution in [2.45, 2.75) is 19.4 Å². The Hall–Kier alpha value is -1.06. The number of nitrogens with two attached hydrogens (primary N) is 1. The maximum absolute atomic E-state index is 9.92. The number of hydrogen-bond acceptors (Lipinski definition) is 3. The molecule has 0 amide bonds. The monoisotopic (exact) mass is 195 g/mol. The first-order valence-corrected chi connectivity index (χ1v) is 4.59. The van der Waals surface area contributed by atoms with E-state index >= 15 is 0 Å². The Bertz CT molecular complexity index is 321. The van der Waals surface area contributed by atoms with Gasteiger partial charge in [0.25, 0.3) is 0 Å². The first-order chi connectivity index (χ1) is 6.51. The Morgan fingerprint density at radius 1 is 1.50 bits per heavy atom. The molecule has 1 aromatic carbocycles. The lowest BCUT2D eigenvalue weighted by molar-refractivity contribution is 0.0667. The molecule has 0 aromatic heterocycles. The van der Waals surface area contributed by atoms with E-state index in [1.54, 1.807) is 14.0 Å². The SMILES string of the molecule is COc1ccc(C(C)(O)CN)cc1C. The van der Waals surface area contributed by atoms with Crippen LogP contribution in [0.15, 0.2) is 18.2 Å². The van der Waals surface area contributed by atoms with Gasteiger partial charge in [0, 0.05) is 6.54 Å². The molecule has 0 heterocycles. The summed E-state index contributed by atoms with van der Waals surface area (Å²) in [6, 6.07) is 5.57. The van der Waals surface area contributed by atoms with Gasteiger partial charge >= 0.3 is 0 Å². The molecule has 3 nitrogen and oxygen atoms in total. The van der Waals surface area contributed by atoms with Gasteiger partial charge in [-0.15, -0.1) is 0 Å². The molecule has 1 atom stereocenters. The van der Waals surface area contributed by atoms with Gasteiger partial charge in [0.1, 0.15) is 5.75 Å². The van der Waals surface area contributed by atoms with Gasteiger partial charge in [-0.2, -0.15) is 0 Å². The molecular weight excluding hydrogens is 178 g/mol. The molecule has 0 fully saturated rings. The van der Waals surface area contributed by atoms with Crippen LogP contribution in [0.4, 0.5) is 0 Å². The van der Waals surface area contributed by atoms with Gasteiger partial charge < -0.3 is 15.6 Å². The molecule has 0 spiro atoms. The van der Waals surface area contributed by atoms with E-state index < -0.39 is 5.60 Å². The second-order valence-electron chi connectivity index (χ2n) is 3.66. The van der Waals surface area contributed by atoms with E-state index in [1.165, 1.54) is 0 Å². The Kier molecular flexibility index (Phi) is 3.13. The van der Waals surface area contributed by atoms with Gasteiger partial charge in [0.2, 0.25) is 0 Å². The van der Waals surface area contributed by atoms with Crippen LogP contribution in [-0.2, 0) is 5.60 Å². The predicted molar refractivity (Wildman–Crippen MR) is 56.4 cm³/mol. The minimum Gasteiger partial charge on any atom is -0.496 e. The van der Waals surface area contributed by atoms with E-state index in [9.17, 15) is 5.11 Å². The van der Waals surface area contributed by atoms with Crippen molar-refractivity contribution < 1.29 is 9.84 Å². The lowest BCUT2D eigenvalue weighted by Gasteiger charge is -2.22. The molecular formula is C11H17NO2. The van der Waals surface area contributed by atoms with Gasteiger partial charge in [-0.1, -0.05) is 6.07 Å². The summed E-state index contributed by atoms with van der Waals surface area (Å²) >= 11 is 0. The Morgan fingerprint density at radius 3 is 2.57 bits per heavy atom. The Balaban J connectivity index is 3.08. The molecule has 0 aliphatic carbocycles. The van der Waals surface area contributed by atoms with Crippen molar-refractivity contribution in [3.63, 3.8) is 0 Å². The maximum Gasteiger partial charge on any atom is 0.121 e. The van der Waals surface area contributed by atoms with Crippen LogP contribution in [0.2, 0.25) is 0 Å². The molecule has 0 aliphatic heterocycles. The van der Waals surface area contributed by atoms with E-state index in [2.05, 4.69) is 0 Å². The van der Waals surface area contributed by atoms with E-state index in [-0.39, 0.29) is 6.54 Å². The fourth-order valence-corrected chi connectivity index (χ4v) is 1.33. The van der Waals surface area contributed by atoms with Crippen LogP contribution in [0.3, 0.4) is 0 Å². The van der Waals surface area contributed by atoms with E-state index in [0.717, 1.165) is 16.9 Å². The van der Waals surface area contributed by atoms with Crippen LogP contribution in [0.25, 0.3) is 0 Å². The molecule has 3 N–H and O–H groups in total. The van der Waals surface area contributed by atoms with Crippen LogP contribution in [0.1, 0.15) is 18.1 Å². The van der Waals surface area contributed by atoms with Crippen LogP contribution in [0.5, 0.6) is 5.75 Å². The zero-order chi connectivity index (χ0) is 10.8. The number of methoxy groups -OCH3 is 1. The lowest BCUT2D eigenvalue weighted by Crippen LogP contribution is -2.31. The predicted octanol–water partition coefficient (Wildman–Crippen LogP) is 1.17. The minimum absolute atomic E-state index is 0.207. The Morgan fingerprint density at radius 2 is 2.14 bits per heavy atom. The van der Waals surface area contributed by atoms with Crippen molar-refractivity contribution >= 4 is 0 Å². The highest BCUT2D eigenvalue weighted by Crippen LogP contribution is 2.25. The molecule has 14 heavy (non-hydrogen) atoms. The maximum atomic E-state index is 9.92. The standard InChI is InChI=1S/C11H17NO2/c1-8-6-9(11(2,13)7-12)4-5-10(8)14-3/h4-6,13H,7,12H2,1-3H3. The van der Waals surface area contributed by atoms with Crippen molar-refractivity contribution in [2.75, 3.05) is 13.7 Å². The van der Waals surface area contributed by atoms with Crippen LogP contribution in [-0.4, -0.2) is 18.8 Å². The summed E-state index contributed by atoms with van der Waals surface area (Å²) in [6.07, 6.45) is 0. The molecule has 0 radical (unpaired) electrons. The smallest absolute Gasteiger partial charge is 0.121 e. The first-order valence-electron chi connectivity index (χ1n) is 4.59. The average Bonchev–Trinajstić information content (AvgIpc) is 2.17. The van der Waals surface area contributed by atoms with E-state index in [1.807, 2.05) is 25.1 Å². The van der Waals surface area contributed by atoms with Crippen molar-refractivity contribution in [2.24, 2.45) is 5.73 Å². The third-order valence-electron chi connectivity index (χ3n) is 2.41. The number of rotatable bonds is 3. The highest BCUT2D eigenvalue weighted by atomic mass is 16.5. The topological polar surface area (TPSA) is 55.5 Å². The number of benzene rings is 1. The van der Waals surface area contributed by atoms with Crippen molar-refractivity contribution in [1.82, 2.24) is 0 Å².